The molecule has 1 atom stereocenters. The molecule has 3 aliphatic rings. The third-order valence-electron chi connectivity index (χ3n) is 8.17. The number of nitrogens with one attached hydrogen (secondary N) is 1. The summed E-state index contributed by atoms with van der Waals surface area (Å²) in [7, 11) is 0. The molecular formula is C26H40N4O2. The lowest BCUT2D eigenvalue weighted by atomic mass is 9.60. The number of hydrogen-bond donors (Lipinski definition) is 1. The maximum Gasteiger partial charge on any atom is 0.321 e. The molecule has 1 unspecified atom stereocenters. The summed E-state index contributed by atoms with van der Waals surface area (Å²) in [6.45, 7) is 14.8. The number of carbonyl (C=O) groups is 2. The van der Waals surface area contributed by atoms with Crippen LogP contribution in [0.4, 0.5) is 10.5 Å². The molecule has 6 heteroatoms. The van der Waals surface area contributed by atoms with Crippen molar-refractivity contribution in [2.24, 2.45) is 16.7 Å². The Balaban J connectivity index is 1.46. The maximum absolute atomic E-state index is 13.6. The maximum atomic E-state index is 13.6. The van der Waals surface area contributed by atoms with Gasteiger partial charge in [0.05, 0.1) is 5.41 Å². The van der Waals surface area contributed by atoms with Gasteiger partial charge in [0.25, 0.3) is 0 Å². The molecule has 0 radical (unpaired) electrons. The van der Waals surface area contributed by atoms with Crippen LogP contribution in [0.25, 0.3) is 0 Å². The molecule has 1 aromatic carbocycles. The summed E-state index contributed by atoms with van der Waals surface area (Å²) in [6.07, 6.45) is 3.77. The molecule has 3 fully saturated rings. The Labute approximate surface area is 193 Å². The molecule has 1 aromatic rings. The highest BCUT2D eigenvalue weighted by atomic mass is 16.2. The van der Waals surface area contributed by atoms with Gasteiger partial charge >= 0.3 is 6.03 Å². The number of urea groups is 1. The van der Waals surface area contributed by atoms with Crippen LogP contribution in [0.1, 0.15) is 52.5 Å². The number of hydrogen-bond acceptors (Lipinski definition) is 3. The summed E-state index contributed by atoms with van der Waals surface area (Å²) in [5, 5.41) is 3.06. The van der Waals surface area contributed by atoms with E-state index >= 15 is 0 Å². The summed E-state index contributed by atoms with van der Waals surface area (Å²) in [5.74, 6) is 0.950. The van der Waals surface area contributed by atoms with Crippen molar-refractivity contribution < 1.29 is 9.59 Å². The first kappa shape index (κ1) is 23.1. The van der Waals surface area contributed by atoms with Crippen molar-refractivity contribution in [1.82, 2.24) is 14.7 Å². The highest BCUT2D eigenvalue weighted by Crippen LogP contribution is 2.57. The molecule has 6 nitrogen and oxygen atoms in total. The van der Waals surface area contributed by atoms with Crippen LogP contribution in [0.5, 0.6) is 0 Å². The number of benzene rings is 1. The van der Waals surface area contributed by atoms with Gasteiger partial charge in [0.1, 0.15) is 0 Å². The van der Waals surface area contributed by atoms with Crippen LogP contribution >= 0.6 is 0 Å². The van der Waals surface area contributed by atoms with Crippen LogP contribution in [0.2, 0.25) is 0 Å². The van der Waals surface area contributed by atoms with E-state index in [4.69, 9.17) is 0 Å². The monoisotopic (exact) mass is 440 g/mol. The zero-order valence-electron chi connectivity index (χ0n) is 20.3. The van der Waals surface area contributed by atoms with Gasteiger partial charge < -0.3 is 20.0 Å². The van der Waals surface area contributed by atoms with E-state index in [2.05, 4.69) is 54.9 Å². The van der Waals surface area contributed by atoms with Gasteiger partial charge in [-0.25, -0.2) is 4.79 Å². The molecule has 0 bridgehead atoms. The van der Waals surface area contributed by atoms with Crippen molar-refractivity contribution in [3.05, 3.63) is 29.8 Å². The van der Waals surface area contributed by atoms with Gasteiger partial charge in [-0.3, -0.25) is 4.79 Å². The van der Waals surface area contributed by atoms with E-state index in [-0.39, 0.29) is 16.9 Å². The fourth-order valence-corrected chi connectivity index (χ4v) is 6.41. The Bertz CT molecular complexity index is 829. The fourth-order valence-electron chi connectivity index (χ4n) is 6.41. The summed E-state index contributed by atoms with van der Waals surface area (Å²) < 4.78 is 0. The number of aryl methyl sites for hydroxylation is 1. The molecular weight excluding hydrogens is 400 g/mol. The average Bonchev–Trinajstić information content (AvgIpc) is 3.25. The largest absolute Gasteiger partial charge is 0.342 e. The summed E-state index contributed by atoms with van der Waals surface area (Å²) in [4.78, 5) is 33.0. The van der Waals surface area contributed by atoms with E-state index in [0.717, 1.165) is 77.2 Å². The molecule has 0 aliphatic carbocycles. The van der Waals surface area contributed by atoms with Crippen molar-refractivity contribution in [2.45, 2.75) is 53.4 Å². The van der Waals surface area contributed by atoms with Crippen LogP contribution < -0.4 is 5.32 Å². The number of likely N-dealkylation sites (tertiary alicyclic amines) is 3. The van der Waals surface area contributed by atoms with Gasteiger partial charge in [0, 0.05) is 56.9 Å². The summed E-state index contributed by atoms with van der Waals surface area (Å²) in [6, 6.07) is 8.07. The number of amides is 3. The SMILES string of the molecule is CCc1ccc(NC(=O)N2CCC3(CC2)CN(CC(C)C)CC32CCN(CC)C2=O)cc1. The molecule has 0 aromatic heterocycles. The Morgan fingerprint density at radius 1 is 1.03 bits per heavy atom. The first-order chi connectivity index (χ1) is 15.3. The molecule has 2 spiro atoms. The van der Waals surface area contributed by atoms with Crippen LogP contribution in [-0.4, -0.2) is 72.5 Å². The Morgan fingerprint density at radius 3 is 2.28 bits per heavy atom. The summed E-state index contributed by atoms with van der Waals surface area (Å²) in [5.41, 5.74) is 1.83. The quantitative estimate of drug-likeness (QED) is 0.751. The standard InChI is InChI=1S/C26H40N4O2/c1-5-21-7-9-22(10-8-21)27-24(32)30-14-11-25(12-15-30)18-28(17-20(3)4)19-26(25)13-16-29(6-2)23(26)31/h7-10,20H,5-6,11-19H2,1-4H3,(H,27,32). The molecule has 4 rings (SSSR count). The Morgan fingerprint density at radius 2 is 1.72 bits per heavy atom. The molecule has 3 aliphatic heterocycles. The minimum Gasteiger partial charge on any atom is -0.342 e. The molecule has 3 amide bonds. The van der Waals surface area contributed by atoms with Crippen LogP contribution in [-0.2, 0) is 11.2 Å². The number of fused-ring (bicyclic) bond motifs is 1. The normalized spacial score (nSPS) is 25.5. The highest BCUT2D eigenvalue weighted by Gasteiger charge is 2.64. The molecule has 3 heterocycles. The van der Waals surface area contributed by atoms with Crippen LogP contribution in [0, 0.1) is 16.7 Å². The lowest BCUT2D eigenvalue weighted by Gasteiger charge is -2.47. The van der Waals surface area contributed by atoms with Gasteiger partial charge in [-0.15, -0.1) is 0 Å². The van der Waals surface area contributed by atoms with Crippen molar-refractivity contribution in [1.29, 1.82) is 0 Å². The molecule has 0 saturated carbocycles. The Kier molecular flexibility index (Phi) is 6.53. The molecule has 1 N–H and O–H groups in total. The minimum atomic E-state index is -0.267. The predicted molar refractivity (Wildman–Crippen MR) is 129 cm³/mol. The van der Waals surface area contributed by atoms with E-state index in [0.29, 0.717) is 11.8 Å². The molecule has 176 valence electrons. The number of nitrogens with zero attached hydrogens (tertiary/aromatic N) is 3. The van der Waals surface area contributed by atoms with Gasteiger partial charge in [-0.2, -0.15) is 0 Å². The zero-order chi connectivity index (χ0) is 22.9. The van der Waals surface area contributed by atoms with Crippen molar-refractivity contribution >= 4 is 17.6 Å². The van der Waals surface area contributed by atoms with Crippen molar-refractivity contribution in [2.75, 3.05) is 51.1 Å². The summed E-state index contributed by atoms with van der Waals surface area (Å²) >= 11 is 0. The molecule has 3 saturated heterocycles. The average molecular weight is 441 g/mol. The minimum absolute atomic E-state index is 0.0115. The Hall–Kier alpha value is -2.08. The molecule has 32 heavy (non-hydrogen) atoms. The van der Waals surface area contributed by atoms with Crippen LogP contribution in [0.3, 0.4) is 0 Å². The number of anilines is 1. The predicted octanol–water partition coefficient (Wildman–Crippen LogP) is 4.07. The van der Waals surface area contributed by atoms with E-state index in [1.54, 1.807) is 0 Å². The van der Waals surface area contributed by atoms with E-state index in [1.165, 1.54) is 5.56 Å². The van der Waals surface area contributed by atoms with Crippen molar-refractivity contribution in [3.8, 4) is 0 Å². The van der Waals surface area contributed by atoms with E-state index < -0.39 is 0 Å². The van der Waals surface area contributed by atoms with Crippen molar-refractivity contribution in [3.63, 3.8) is 0 Å². The highest BCUT2D eigenvalue weighted by molar-refractivity contribution is 5.90. The third-order valence-corrected chi connectivity index (χ3v) is 8.17. The lowest BCUT2D eigenvalue weighted by molar-refractivity contribution is -0.141. The second-order valence-electron chi connectivity index (χ2n) is 10.5. The smallest absolute Gasteiger partial charge is 0.321 e. The van der Waals surface area contributed by atoms with Gasteiger partial charge in [0.15, 0.2) is 0 Å². The second-order valence-corrected chi connectivity index (χ2v) is 10.5. The van der Waals surface area contributed by atoms with Gasteiger partial charge in [-0.05, 0) is 56.2 Å². The first-order valence-electron chi connectivity index (χ1n) is 12.5. The van der Waals surface area contributed by atoms with E-state index in [9.17, 15) is 9.59 Å². The van der Waals surface area contributed by atoms with Gasteiger partial charge in [0.2, 0.25) is 5.91 Å². The lowest BCUT2D eigenvalue weighted by Crippen LogP contribution is -2.54. The topological polar surface area (TPSA) is 55.9 Å². The van der Waals surface area contributed by atoms with E-state index in [1.807, 2.05) is 17.0 Å². The van der Waals surface area contributed by atoms with Gasteiger partial charge in [-0.1, -0.05) is 32.9 Å². The number of carbonyl (C=O) groups excluding carboxylic acids is 2. The number of piperidine rings is 1. The second kappa shape index (κ2) is 9.05. The zero-order valence-corrected chi connectivity index (χ0v) is 20.3. The third kappa shape index (κ3) is 4.02. The number of rotatable bonds is 5. The first-order valence-corrected chi connectivity index (χ1v) is 12.5. The fraction of sp³-hybridized carbons (Fsp3) is 0.692. The van der Waals surface area contributed by atoms with Crippen LogP contribution in [0.15, 0.2) is 24.3 Å².